The number of methoxy groups -OCH3 is 1. The summed E-state index contributed by atoms with van der Waals surface area (Å²) in [5, 5.41) is 7.52. The number of hydrazone groups is 1. The van der Waals surface area contributed by atoms with Crippen LogP contribution in [0, 0.1) is 0 Å². The second-order valence-electron chi connectivity index (χ2n) is 6.53. The molecule has 0 saturated heterocycles. The van der Waals surface area contributed by atoms with Crippen LogP contribution in [0.15, 0.2) is 65.8 Å². The lowest BCUT2D eigenvalue weighted by molar-refractivity contribution is -0.136. The van der Waals surface area contributed by atoms with E-state index in [4.69, 9.17) is 44.3 Å². The summed E-state index contributed by atoms with van der Waals surface area (Å²) in [6, 6.07) is 16.8. The highest BCUT2D eigenvalue weighted by Crippen LogP contribution is 2.31. The highest BCUT2D eigenvalue weighted by Gasteiger charge is 2.14. The van der Waals surface area contributed by atoms with E-state index in [-0.39, 0.29) is 6.61 Å². The zero-order valence-corrected chi connectivity index (χ0v) is 19.5. The van der Waals surface area contributed by atoms with Gasteiger partial charge in [-0.05, 0) is 48.0 Å². The highest BCUT2D eigenvalue weighted by atomic mass is 35.5. The van der Waals surface area contributed by atoms with Gasteiger partial charge in [-0.3, -0.25) is 9.59 Å². The SMILES string of the molecule is COc1cc(/C=N\NC(=O)C(=O)Nc2ccccc2Cl)ccc1OCc1c(Cl)cccc1Cl. The average molecular weight is 507 g/mol. The predicted molar refractivity (Wildman–Crippen MR) is 130 cm³/mol. The van der Waals surface area contributed by atoms with Crippen LogP contribution in [0.25, 0.3) is 0 Å². The van der Waals surface area contributed by atoms with Crippen LogP contribution in [0.5, 0.6) is 11.5 Å². The largest absolute Gasteiger partial charge is 0.493 e. The number of carbonyl (C=O) groups is 2. The van der Waals surface area contributed by atoms with E-state index in [1.807, 2.05) is 0 Å². The van der Waals surface area contributed by atoms with Gasteiger partial charge in [0.25, 0.3) is 0 Å². The molecule has 7 nitrogen and oxygen atoms in total. The molecule has 0 aliphatic rings. The Morgan fingerprint density at radius 3 is 2.30 bits per heavy atom. The first-order valence-corrected chi connectivity index (χ1v) is 10.6. The highest BCUT2D eigenvalue weighted by molar-refractivity contribution is 6.41. The van der Waals surface area contributed by atoms with Gasteiger partial charge in [0.2, 0.25) is 0 Å². The molecule has 170 valence electrons. The van der Waals surface area contributed by atoms with Gasteiger partial charge in [-0.25, -0.2) is 5.43 Å². The number of benzene rings is 3. The number of anilines is 1. The van der Waals surface area contributed by atoms with Gasteiger partial charge in [-0.1, -0.05) is 53.0 Å². The Morgan fingerprint density at radius 2 is 1.61 bits per heavy atom. The number of carbonyl (C=O) groups excluding carboxylic acids is 2. The molecule has 33 heavy (non-hydrogen) atoms. The molecule has 3 rings (SSSR count). The number of hydrogen-bond donors (Lipinski definition) is 2. The summed E-state index contributed by atoms with van der Waals surface area (Å²) < 4.78 is 11.2. The lowest BCUT2D eigenvalue weighted by atomic mass is 10.2. The number of para-hydroxylation sites is 1. The molecule has 3 aromatic carbocycles. The van der Waals surface area contributed by atoms with Gasteiger partial charge >= 0.3 is 11.8 Å². The fourth-order valence-electron chi connectivity index (χ4n) is 2.66. The number of halogens is 3. The van der Waals surface area contributed by atoms with Gasteiger partial charge in [-0.2, -0.15) is 5.10 Å². The van der Waals surface area contributed by atoms with Crippen LogP contribution < -0.4 is 20.2 Å². The smallest absolute Gasteiger partial charge is 0.329 e. The zero-order valence-electron chi connectivity index (χ0n) is 17.3. The Labute approximate surface area is 205 Å². The molecule has 0 aromatic heterocycles. The molecule has 3 aromatic rings. The van der Waals surface area contributed by atoms with Crippen molar-refractivity contribution in [3.05, 3.63) is 86.9 Å². The molecular weight excluding hydrogens is 489 g/mol. The zero-order chi connectivity index (χ0) is 23.8. The molecule has 2 N–H and O–H groups in total. The fourth-order valence-corrected chi connectivity index (χ4v) is 3.35. The summed E-state index contributed by atoms with van der Waals surface area (Å²) in [6.07, 6.45) is 1.36. The Bertz CT molecular complexity index is 1180. The fraction of sp³-hybridized carbons (Fsp3) is 0.0870. The van der Waals surface area contributed by atoms with Crippen LogP contribution in [-0.2, 0) is 16.2 Å². The van der Waals surface area contributed by atoms with Crippen molar-refractivity contribution >= 4 is 58.5 Å². The third-order valence-corrected chi connectivity index (χ3v) is 5.37. The quantitative estimate of drug-likeness (QED) is 0.258. The summed E-state index contributed by atoms with van der Waals surface area (Å²) in [4.78, 5) is 23.9. The third-order valence-electron chi connectivity index (χ3n) is 4.33. The molecule has 0 fully saturated rings. The number of nitrogens with zero attached hydrogens (tertiary/aromatic N) is 1. The lowest BCUT2D eigenvalue weighted by Gasteiger charge is -2.13. The number of ether oxygens (including phenoxy) is 2. The van der Waals surface area contributed by atoms with Gasteiger partial charge < -0.3 is 14.8 Å². The molecule has 0 aliphatic carbocycles. The van der Waals surface area contributed by atoms with Crippen molar-refractivity contribution in [3.63, 3.8) is 0 Å². The second-order valence-corrected chi connectivity index (χ2v) is 7.75. The molecule has 0 heterocycles. The lowest BCUT2D eigenvalue weighted by Crippen LogP contribution is -2.32. The van der Waals surface area contributed by atoms with Crippen LogP contribution in [-0.4, -0.2) is 25.1 Å². The van der Waals surface area contributed by atoms with E-state index in [2.05, 4.69) is 15.8 Å². The number of amides is 2. The first-order chi connectivity index (χ1) is 15.9. The van der Waals surface area contributed by atoms with Gasteiger partial charge in [-0.15, -0.1) is 0 Å². The van der Waals surface area contributed by atoms with Crippen molar-refractivity contribution in [3.8, 4) is 11.5 Å². The van der Waals surface area contributed by atoms with Crippen molar-refractivity contribution in [2.24, 2.45) is 5.10 Å². The summed E-state index contributed by atoms with van der Waals surface area (Å²) in [5.74, 6) is -0.951. The van der Waals surface area contributed by atoms with Crippen molar-refractivity contribution in [2.45, 2.75) is 6.61 Å². The minimum atomic E-state index is -0.949. The Kier molecular flexibility index (Phi) is 8.54. The molecule has 0 saturated carbocycles. The van der Waals surface area contributed by atoms with Gasteiger partial charge in [0, 0.05) is 15.6 Å². The standard InChI is InChI=1S/C23H18Cl3N3O4/c1-32-21-11-14(9-10-20(21)33-13-15-16(24)6-4-7-17(15)25)12-27-29-23(31)22(30)28-19-8-3-2-5-18(19)26/h2-12H,13H2,1H3,(H,28,30)(H,29,31)/b27-12-. The molecular formula is C23H18Cl3N3O4. The van der Waals surface area contributed by atoms with Gasteiger partial charge in [0.1, 0.15) is 6.61 Å². The molecule has 10 heteroatoms. The van der Waals surface area contributed by atoms with Crippen molar-refractivity contribution in [2.75, 3.05) is 12.4 Å². The molecule has 2 amide bonds. The maximum absolute atomic E-state index is 12.0. The molecule has 0 aliphatic heterocycles. The van der Waals surface area contributed by atoms with E-state index in [1.165, 1.54) is 13.3 Å². The minimum Gasteiger partial charge on any atom is -0.493 e. The van der Waals surface area contributed by atoms with E-state index < -0.39 is 11.8 Å². The van der Waals surface area contributed by atoms with E-state index in [0.29, 0.717) is 43.4 Å². The Balaban J connectivity index is 1.60. The van der Waals surface area contributed by atoms with Crippen molar-refractivity contribution in [1.29, 1.82) is 0 Å². The minimum absolute atomic E-state index is 0.152. The monoisotopic (exact) mass is 505 g/mol. The molecule has 0 atom stereocenters. The summed E-state index contributed by atoms with van der Waals surface area (Å²) in [7, 11) is 1.49. The topological polar surface area (TPSA) is 89.0 Å². The maximum atomic E-state index is 12.0. The first kappa shape index (κ1) is 24.4. The molecule has 0 spiro atoms. The van der Waals surface area contributed by atoms with E-state index >= 15 is 0 Å². The van der Waals surface area contributed by atoms with Crippen LogP contribution in [0.2, 0.25) is 15.1 Å². The van der Waals surface area contributed by atoms with Crippen LogP contribution in [0.4, 0.5) is 5.69 Å². The van der Waals surface area contributed by atoms with Gasteiger partial charge in [0.15, 0.2) is 11.5 Å². The van der Waals surface area contributed by atoms with E-state index in [9.17, 15) is 9.59 Å². The van der Waals surface area contributed by atoms with Crippen LogP contribution in [0.1, 0.15) is 11.1 Å². The maximum Gasteiger partial charge on any atom is 0.329 e. The first-order valence-electron chi connectivity index (χ1n) is 9.51. The Morgan fingerprint density at radius 1 is 0.909 bits per heavy atom. The predicted octanol–water partition coefficient (Wildman–Crippen LogP) is 5.32. The molecule has 0 bridgehead atoms. The number of nitrogens with one attached hydrogen (secondary N) is 2. The van der Waals surface area contributed by atoms with Crippen LogP contribution in [0.3, 0.4) is 0 Å². The van der Waals surface area contributed by atoms with Gasteiger partial charge in [0.05, 0.1) is 24.0 Å². The Hall–Kier alpha value is -3.26. The average Bonchev–Trinajstić information content (AvgIpc) is 2.80. The molecule has 0 unspecified atom stereocenters. The van der Waals surface area contributed by atoms with Crippen molar-refractivity contribution < 1.29 is 19.1 Å². The number of rotatable bonds is 7. The van der Waals surface area contributed by atoms with E-state index in [1.54, 1.807) is 60.7 Å². The summed E-state index contributed by atoms with van der Waals surface area (Å²) in [6.45, 7) is 0.152. The van der Waals surface area contributed by atoms with Crippen LogP contribution >= 0.6 is 34.8 Å². The second kappa shape index (κ2) is 11.6. The van der Waals surface area contributed by atoms with E-state index in [0.717, 1.165) is 0 Å². The summed E-state index contributed by atoms with van der Waals surface area (Å²) >= 11 is 18.3. The summed E-state index contributed by atoms with van der Waals surface area (Å²) in [5.41, 5.74) is 3.73. The third kappa shape index (κ3) is 6.61. The normalized spacial score (nSPS) is 10.7. The molecule has 0 radical (unpaired) electrons. The number of hydrogen-bond acceptors (Lipinski definition) is 5. The van der Waals surface area contributed by atoms with Crippen molar-refractivity contribution in [1.82, 2.24) is 5.43 Å².